The number of ether oxygens (including phenoxy) is 1. The SMILES string of the molecule is CC(C)(CCOC(C)(C)CCO)NC(=O)C1[C@H]2CC/C=C/CC[C@@H]12. The van der Waals surface area contributed by atoms with Crippen LogP contribution in [0.15, 0.2) is 12.2 Å². The Hall–Kier alpha value is -0.870. The molecule has 138 valence electrons. The predicted octanol–water partition coefficient (Wildman–Crippen LogP) is 3.44. The van der Waals surface area contributed by atoms with Gasteiger partial charge in [-0.2, -0.15) is 0 Å². The normalized spacial score (nSPS) is 28.5. The molecule has 2 N–H and O–H groups in total. The number of aliphatic hydroxyl groups is 1. The molecular weight excluding hydrogens is 302 g/mol. The van der Waals surface area contributed by atoms with Crippen molar-refractivity contribution in [2.75, 3.05) is 13.2 Å². The molecular formula is C20H35NO3. The van der Waals surface area contributed by atoms with Gasteiger partial charge in [0.15, 0.2) is 0 Å². The van der Waals surface area contributed by atoms with E-state index in [-0.39, 0.29) is 29.6 Å². The molecule has 4 nitrogen and oxygen atoms in total. The van der Waals surface area contributed by atoms with Crippen LogP contribution in [0.3, 0.4) is 0 Å². The van der Waals surface area contributed by atoms with Gasteiger partial charge in [-0.1, -0.05) is 12.2 Å². The Bertz CT molecular complexity index is 440. The number of amides is 1. The number of fused-ring (bicyclic) bond motifs is 1. The lowest BCUT2D eigenvalue weighted by atomic mass is 10.00. The highest BCUT2D eigenvalue weighted by molar-refractivity contribution is 5.82. The minimum absolute atomic E-state index is 0.131. The van der Waals surface area contributed by atoms with E-state index in [9.17, 15) is 4.79 Å². The van der Waals surface area contributed by atoms with E-state index >= 15 is 0 Å². The van der Waals surface area contributed by atoms with Crippen LogP contribution in [0.5, 0.6) is 0 Å². The van der Waals surface area contributed by atoms with Crippen molar-refractivity contribution in [1.82, 2.24) is 5.32 Å². The first-order valence-corrected chi connectivity index (χ1v) is 9.48. The average Bonchev–Trinajstić information content (AvgIpc) is 3.08. The number of nitrogens with one attached hydrogen (secondary N) is 1. The Kier molecular flexibility index (Phi) is 6.49. The molecule has 4 heteroatoms. The van der Waals surface area contributed by atoms with Gasteiger partial charge in [0, 0.05) is 24.7 Å². The molecule has 0 aromatic rings. The highest BCUT2D eigenvalue weighted by atomic mass is 16.5. The Morgan fingerprint density at radius 3 is 2.25 bits per heavy atom. The quantitative estimate of drug-likeness (QED) is 0.667. The Morgan fingerprint density at radius 1 is 1.12 bits per heavy atom. The van der Waals surface area contributed by atoms with Crippen LogP contribution in [0, 0.1) is 17.8 Å². The third kappa shape index (κ3) is 5.59. The fourth-order valence-electron chi connectivity index (χ4n) is 3.84. The van der Waals surface area contributed by atoms with Crippen molar-refractivity contribution >= 4 is 5.91 Å². The molecule has 1 saturated carbocycles. The summed E-state index contributed by atoms with van der Waals surface area (Å²) in [5.41, 5.74) is -0.577. The fraction of sp³-hybridized carbons (Fsp3) is 0.850. The molecule has 0 aliphatic heterocycles. The Morgan fingerprint density at radius 2 is 1.71 bits per heavy atom. The predicted molar refractivity (Wildman–Crippen MR) is 96.7 cm³/mol. The smallest absolute Gasteiger partial charge is 0.224 e. The van der Waals surface area contributed by atoms with Crippen molar-refractivity contribution in [3.05, 3.63) is 12.2 Å². The van der Waals surface area contributed by atoms with Crippen LogP contribution in [-0.4, -0.2) is 35.4 Å². The second-order valence-corrected chi connectivity index (χ2v) is 8.68. The summed E-state index contributed by atoms with van der Waals surface area (Å²) in [4.78, 5) is 12.7. The summed E-state index contributed by atoms with van der Waals surface area (Å²) >= 11 is 0. The summed E-state index contributed by atoms with van der Waals surface area (Å²) in [5, 5.41) is 12.3. The Labute approximate surface area is 147 Å². The first-order chi connectivity index (χ1) is 11.3. The minimum Gasteiger partial charge on any atom is -0.396 e. The second kappa shape index (κ2) is 8.01. The van der Waals surface area contributed by atoms with E-state index in [1.54, 1.807) is 0 Å². The highest BCUT2D eigenvalue weighted by Gasteiger charge is 2.53. The van der Waals surface area contributed by atoms with Crippen LogP contribution in [0.1, 0.15) is 66.2 Å². The van der Waals surface area contributed by atoms with Gasteiger partial charge in [0.2, 0.25) is 5.91 Å². The maximum absolute atomic E-state index is 12.7. The maximum Gasteiger partial charge on any atom is 0.224 e. The summed E-state index contributed by atoms with van der Waals surface area (Å²) in [7, 11) is 0. The van der Waals surface area contributed by atoms with E-state index in [2.05, 4.69) is 31.3 Å². The van der Waals surface area contributed by atoms with Crippen molar-refractivity contribution < 1.29 is 14.6 Å². The largest absolute Gasteiger partial charge is 0.396 e. The van der Waals surface area contributed by atoms with E-state index in [0.717, 1.165) is 32.1 Å². The van der Waals surface area contributed by atoms with E-state index in [4.69, 9.17) is 9.84 Å². The summed E-state index contributed by atoms with van der Waals surface area (Å²) in [5.74, 6) is 1.62. The van der Waals surface area contributed by atoms with Gasteiger partial charge in [-0.25, -0.2) is 0 Å². The van der Waals surface area contributed by atoms with Crippen molar-refractivity contribution in [2.24, 2.45) is 17.8 Å². The number of carbonyl (C=O) groups excluding carboxylic acids is 1. The van der Waals surface area contributed by atoms with Crippen molar-refractivity contribution in [1.29, 1.82) is 0 Å². The molecule has 24 heavy (non-hydrogen) atoms. The molecule has 1 fully saturated rings. The molecule has 2 aliphatic carbocycles. The van der Waals surface area contributed by atoms with Crippen LogP contribution in [0.25, 0.3) is 0 Å². The summed E-state index contributed by atoms with van der Waals surface area (Å²) in [6, 6.07) is 0. The Balaban J connectivity index is 1.76. The topological polar surface area (TPSA) is 58.6 Å². The zero-order valence-electron chi connectivity index (χ0n) is 15.8. The number of aliphatic hydroxyl groups excluding tert-OH is 1. The lowest BCUT2D eigenvalue weighted by molar-refractivity contribution is -0.124. The lowest BCUT2D eigenvalue weighted by Crippen LogP contribution is -2.45. The molecule has 3 atom stereocenters. The number of hydrogen-bond donors (Lipinski definition) is 2. The third-order valence-electron chi connectivity index (χ3n) is 5.53. The number of carbonyl (C=O) groups is 1. The first kappa shape index (κ1) is 19.5. The van der Waals surface area contributed by atoms with Gasteiger partial charge in [0.05, 0.1) is 5.60 Å². The summed E-state index contributed by atoms with van der Waals surface area (Å²) in [6.07, 6.45) is 10.5. The van der Waals surface area contributed by atoms with Gasteiger partial charge < -0.3 is 15.2 Å². The van der Waals surface area contributed by atoms with Crippen LogP contribution in [0.2, 0.25) is 0 Å². The summed E-state index contributed by atoms with van der Waals surface area (Å²) < 4.78 is 5.87. The first-order valence-electron chi connectivity index (χ1n) is 9.48. The number of rotatable bonds is 8. The number of allylic oxidation sites excluding steroid dienone is 2. The molecule has 1 unspecified atom stereocenters. The molecule has 0 radical (unpaired) electrons. The molecule has 0 heterocycles. The zero-order chi connectivity index (χ0) is 17.8. The molecule has 0 bridgehead atoms. The maximum atomic E-state index is 12.7. The minimum atomic E-state index is -0.316. The van der Waals surface area contributed by atoms with Gasteiger partial charge in [0.1, 0.15) is 0 Å². The van der Waals surface area contributed by atoms with Gasteiger partial charge in [-0.05, 0) is 78.1 Å². The third-order valence-corrected chi connectivity index (χ3v) is 5.53. The van der Waals surface area contributed by atoms with Gasteiger partial charge >= 0.3 is 0 Å². The molecule has 0 spiro atoms. The number of hydrogen-bond acceptors (Lipinski definition) is 3. The molecule has 0 aromatic heterocycles. The van der Waals surface area contributed by atoms with Crippen LogP contribution in [-0.2, 0) is 9.53 Å². The van der Waals surface area contributed by atoms with Crippen molar-refractivity contribution in [2.45, 2.75) is 77.4 Å². The summed E-state index contributed by atoms with van der Waals surface area (Å²) in [6.45, 7) is 8.83. The van der Waals surface area contributed by atoms with E-state index in [0.29, 0.717) is 24.9 Å². The fourth-order valence-corrected chi connectivity index (χ4v) is 3.84. The van der Waals surface area contributed by atoms with Gasteiger partial charge in [-0.15, -0.1) is 0 Å². The van der Waals surface area contributed by atoms with E-state index < -0.39 is 0 Å². The van der Waals surface area contributed by atoms with Crippen LogP contribution in [0.4, 0.5) is 0 Å². The standard InChI is InChI=1S/C20H35NO3/c1-19(2,12-14-24-20(3,4)11-13-22)21-18(23)17-15-9-7-5-6-8-10-16(15)17/h5-6,15-17,22H,7-14H2,1-4H3,(H,21,23)/b6-5+/t15-,16+,17?. The highest BCUT2D eigenvalue weighted by Crippen LogP contribution is 2.53. The monoisotopic (exact) mass is 337 g/mol. The van der Waals surface area contributed by atoms with Crippen LogP contribution >= 0.6 is 0 Å². The van der Waals surface area contributed by atoms with E-state index in [1.165, 1.54) is 0 Å². The van der Waals surface area contributed by atoms with Gasteiger partial charge in [0.25, 0.3) is 0 Å². The zero-order valence-corrected chi connectivity index (χ0v) is 15.8. The average molecular weight is 338 g/mol. The molecule has 2 rings (SSSR count). The van der Waals surface area contributed by atoms with Crippen LogP contribution < -0.4 is 5.32 Å². The molecule has 1 amide bonds. The molecule has 0 aromatic carbocycles. The molecule has 2 aliphatic rings. The molecule has 0 saturated heterocycles. The second-order valence-electron chi connectivity index (χ2n) is 8.68. The van der Waals surface area contributed by atoms with Gasteiger partial charge in [-0.3, -0.25) is 4.79 Å². The lowest BCUT2D eigenvalue weighted by Gasteiger charge is -2.30. The van der Waals surface area contributed by atoms with E-state index in [1.807, 2.05) is 13.8 Å². The van der Waals surface area contributed by atoms with Crippen molar-refractivity contribution in [3.8, 4) is 0 Å². The van der Waals surface area contributed by atoms with Crippen molar-refractivity contribution in [3.63, 3.8) is 0 Å².